The third-order valence-corrected chi connectivity index (χ3v) is 5.68. The van der Waals surface area contributed by atoms with Crippen LogP contribution in [0.1, 0.15) is 49.4 Å². The first-order chi connectivity index (χ1) is 13.2. The number of oxazole rings is 1. The summed E-state index contributed by atoms with van der Waals surface area (Å²) in [5.41, 5.74) is 2.52. The van der Waals surface area contributed by atoms with Gasteiger partial charge in [0.05, 0.1) is 17.4 Å². The van der Waals surface area contributed by atoms with Gasteiger partial charge in [-0.25, -0.2) is 4.98 Å². The number of aryl methyl sites for hydroxylation is 1. The number of rotatable bonds is 4. The molecule has 1 unspecified atom stereocenters. The maximum Gasteiger partial charge on any atom is 0.286 e. The minimum absolute atomic E-state index is 0.141. The van der Waals surface area contributed by atoms with Crippen molar-refractivity contribution in [3.63, 3.8) is 0 Å². The smallest absolute Gasteiger partial charge is 0.286 e. The lowest BCUT2D eigenvalue weighted by Crippen LogP contribution is -2.25. The molecule has 146 valence electrons. The van der Waals surface area contributed by atoms with Crippen LogP contribution in [0.5, 0.6) is 0 Å². The highest BCUT2D eigenvalue weighted by Crippen LogP contribution is 2.29. The van der Waals surface area contributed by atoms with E-state index in [1.807, 2.05) is 31.2 Å². The van der Waals surface area contributed by atoms with Gasteiger partial charge in [0.1, 0.15) is 17.1 Å². The van der Waals surface area contributed by atoms with Crippen LogP contribution in [0.3, 0.4) is 0 Å². The third-order valence-electron chi connectivity index (χ3n) is 4.70. The molecule has 1 saturated heterocycles. The number of nitrogens with zero attached hydrogens (tertiary/aromatic N) is 1. The number of amides is 2. The minimum atomic E-state index is -0.370. The Kier molecular flexibility index (Phi) is 4.57. The van der Waals surface area contributed by atoms with Crippen LogP contribution >= 0.6 is 11.8 Å². The summed E-state index contributed by atoms with van der Waals surface area (Å²) < 4.78 is 11.8. The van der Waals surface area contributed by atoms with Crippen LogP contribution in [0, 0.1) is 6.92 Å². The third kappa shape index (κ3) is 3.71. The lowest BCUT2D eigenvalue weighted by Gasteiger charge is -2.11. The number of furan rings is 1. The van der Waals surface area contributed by atoms with Gasteiger partial charge in [0, 0.05) is 10.8 Å². The molecule has 1 fully saturated rings. The summed E-state index contributed by atoms with van der Waals surface area (Å²) in [6, 6.07) is 7.85. The van der Waals surface area contributed by atoms with Crippen molar-refractivity contribution in [2.75, 3.05) is 0 Å². The monoisotopic (exact) mass is 398 g/mol. The van der Waals surface area contributed by atoms with Crippen LogP contribution in [0.2, 0.25) is 0 Å². The zero-order valence-corrected chi connectivity index (χ0v) is 17.1. The van der Waals surface area contributed by atoms with E-state index in [1.165, 1.54) is 0 Å². The number of hydrogen-bond acceptors (Lipinski definition) is 6. The normalized spacial score (nSPS) is 17.5. The van der Waals surface area contributed by atoms with E-state index in [9.17, 15) is 9.59 Å². The van der Waals surface area contributed by atoms with Gasteiger partial charge in [0.2, 0.25) is 5.91 Å². The Balaban J connectivity index is 1.55. The molecule has 0 bridgehead atoms. The van der Waals surface area contributed by atoms with Gasteiger partial charge in [-0.1, -0.05) is 38.6 Å². The number of imide groups is 1. The number of nitrogens with one attached hydrogen (secondary N) is 1. The van der Waals surface area contributed by atoms with E-state index in [1.54, 1.807) is 0 Å². The van der Waals surface area contributed by atoms with Crippen molar-refractivity contribution in [2.45, 2.75) is 51.2 Å². The summed E-state index contributed by atoms with van der Waals surface area (Å²) >= 11 is 1.04. The highest BCUT2D eigenvalue weighted by atomic mass is 32.2. The number of hydrogen-bond donors (Lipinski definition) is 1. The van der Waals surface area contributed by atoms with E-state index in [0.717, 1.165) is 51.4 Å². The molecule has 0 spiro atoms. The van der Waals surface area contributed by atoms with Crippen LogP contribution in [-0.2, 0) is 23.1 Å². The summed E-state index contributed by atoms with van der Waals surface area (Å²) in [5.74, 6) is 2.12. The molecular formula is C21H22N2O4S. The molecule has 1 atom stereocenters. The molecule has 1 aliphatic heterocycles. The van der Waals surface area contributed by atoms with Crippen molar-refractivity contribution in [2.24, 2.45) is 0 Å². The molecule has 0 aliphatic carbocycles. The van der Waals surface area contributed by atoms with Gasteiger partial charge in [0.25, 0.3) is 5.24 Å². The molecule has 0 saturated carbocycles. The second-order valence-corrected chi connectivity index (χ2v) is 9.30. The lowest BCUT2D eigenvalue weighted by atomic mass is 9.97. The molecule has 28 heavy (non-hydrogen) atoms. The molecule has 6 nitrogen and oxygen atoms in total. The van der Waals surface area contributed by atoms with Gasteiger partial charge in [-0.15, -0.1) is 0 Å². The van der Waals surface area contributed by atoms with Gasteiger partial charge in [-0.3, -0.25) is 14.9 Å². The lowest BCUT2D eigenvalue weighted by molar-refractivity contribution is -0.118. The quantitative estimate of drug-likeness (QED) is 0.696. The molecular weight excluding hydrogens is 376 g/mol. The summed E-state index contributed by atoms with van der Waals surface area (Å²) in [4.78, 5) is 27.8. The molecule has 2 aromatic heterocycles. The zero-order valence-electron chi connectivity index (χ0n) is 16.3. The Hall–Kier alpha value is -2.54. The molecule has 3 heterocycles. The summed E-state index contributed by atoms with van der Waals surface area (Å²) in [7, 11) is 0. The number of fused-ring (bicyclic) bond motifs is 1. The van der Waals surface area contributed by atoms with Crippen molar-refractivity contribution in [3.8, 4) is 0 Å². The SMILES string of the molecule is Cc1oc(C(C)(C)C)nc1Cc1cc2cc(CC3SC(=O)NC3=O)ccc2o1. The van der Waals surface area contributed by atoms with Gasteiger partial charge in [-0.2, -0.15) is 0 Å². The summed E-state index contributed by atoms with van der Waals surface area (Å²) in [5, 5.41) is 2.65. The number of carbonyl (C=O) groups excluding carboxylic acids is 2. The molecule has 2 amide bonds. The molecule has 7 heteroatoms. The van der Waals surface area contributed by atoms with E-state index in [-0.39, 0.29) is 21.8 Å². The molecule has 0 radical (unpaired) electrons. The molecule has 1 N–H and O–H groups in total. The Labute approximate surface area is 167 Å². The molecule has 3 aromatic rings. The van der Waals surface area contributed by atoms with E-state index >= 15 is 0 Å². The highest BCUT2D eigenvalue weighted by molar-refractivity contribution is 8.15. The summed E-state index contributed by atoms with van der Waals surface area (Å²) in [6.45, 7) is 8.13. The van der Waals surface area contributed by atoms with Crippen LogP contribution in [0.4, 0.5) is 4.79 Å². The predicted molar refractivity (Wildman–Crippen MR) is 108 cm³/mol. The van der Waals surface area contributed by atoms with E-state index in [4.69, 9.17) is 8.83 Å². The van der Waals surface area contributed by atoms with Gasteiger partial charge < -0.3 is 8.83 Å². The first-order valence-corrected chi connectivity index (χ1v) is 10.1. The van der Waals surface area contributed by atoms with Crippen molar-refractivity contribution in [1.29, 1.82) is 0 Å². The van der Waals surface area contributed by atoms with Crippen LogP contribution in [-0.4, -0.2) is 21.4 Å². The average Bonchev–Trinajstić information content (AvgIpc) is 3.25. The van der Waals surface area contributed by atoms with Gasteiger partial charge in [-0.05, 0) is 37.1 Å². The van der Waals surface area contributed by atoms with Crippen LogP contribution in [0.15, 0.2) is 33.1 Å². The number of carbonyl (C=O) groups is 2. The largest absolute Gasteiger partial charge is 0.461 e. The first kappa shape index (κ1) is 18.8. The number of aromatic nitrogens is 1. The minimum Gasteiger partial charge on any atom is -0.461 e. The molecule has 1 aliphatic rings. The maximum atomic E-state index is 11.8. The standard InChI is InChI=1S/C21H22N2O4S/c1-11-15(22-19(26-11)21(2,3)4)10-14-9-13-7-12(5-6-16(13)27-14)8-17-18(24)23-20(25)28-17/h5-7,9,17H,8,10H2,1-4H3,(H,23,24,25). The van der Waals surface area contributed by atoms with Gasteiger partial charge in [0.15, 0.2) is 5.89 Å². The van der Waals surface area contributed by atoms with Crippen molar-refractivity contribution in [1.82, 2.24) is 10.3 Å². The van der Waals surface area contributed by atoms with Crippen molar-refractivity contribution < 1.29 is 18.4 Å². The second kappa shape index (κ2) is 6.81. The fraction of sp³-hybridized carbons (Fsp3) is 0.381. The zero-order chi connectivity index (χ0) is 20.1. The Morgan fingerprint density at radius 1 is 1.18 bits per heavy atom. The average molecular weight is 398 g/mol. The van der Waals surface area contributed by atoms with Crippen LogP contribution in [0.25, 0.3) is 11.0 Å². The highest BCUT2D eigenvalue weighted by Gasteiger charge is 2.31. The van der Waals surface area contributed by atoms with E-state index in [0.29, 0.717) is 12.8 Å². The predicted octanol–water partition coefficient (Wildman–Crippen LogP) is 4.51. The van der Waals surface area contributed by atoms with E-state index in [2.05, 4.69) is 31.1 Å². The summed E-state index contributed by atoms with van der Waals surface area (Å²) in [6.07, 6.45) is 1.07. The maximum absolute atomic E-state index is 11.8. The molecule has 4 rings (SSSR count). The van der Waals surface area contributed by atoms with Gasteiger partial charge >= 0.3 is 0 Å². The second-order valence-electron chi connectivity index (χ2n) is 8.12. The molecule has 1 aromatic carbocycles. The first-order valence-electron chi connectivity index (χ1n) is 9.18. The fourth-order valence-electron chi connectivity index (χ4n) is 3.18. The van der Waals surface area contributed by atoms with Crippen molar-refractivity contribution >= 4 is 33.9 Å². The number of thioether (sulfide) groups is 1. The number of benzene rings is 1. The van der Waals surface area contributed by atoms with Crippen LogP contribution < -0.4 is 5.32 Å². The van der Waals surface area contributed by atoms with E-state index < -0.39 is 0 Å². The topological polar surface area (TPSA) is 85.3 Å². The fourth-order valence-corrected chi connectivity index (χ4v) is 4.04. The Bertz CT molecular complexity index is 1070. The Morgan fingerprint density at radius 3 is 2.61 bits per heavy atom. The van der Waals surface area contributed by atoms with Crippen molar-refractivity contribution in [3.05, 3.63) is 52.9 Å². The Morgan fingerprint density at radius 2 is 1.96 bits per heavy atom.